The molecule has 0 bridgehead atoms. The first-order valence-corrected chi connectivity index (χ1v) is 10.2. The van der Waals surface area contributed by atoms with Crippen LogP contribution in [0.5, 0.6) is 0 Å². The summed E-state index contributed by atoms with van der Waals surface area (Å²) in [5.74, 6) is -0.810. The topological polar surface area (TPSA) is 86.5 Å². The zero-order valence-electron chi connectivity index (χ0n) is 15.3. The fourth-order valence-corrected chi connectivity index (χ4v) is 3.73. The van der Waals surface area contributed by atoms with Crippen molar-refractivity contribution in [3.8, 4) is 11.3 Å². The third-order valence-corrected chi connectivity index (χ3v) is 6.08. The summed E-state index contributed by atoms with van der Waals surface area (Å²) in [6, 6.07) is 11.6. The molecule has 0 fully saturated rings. The van der Waals surface area contributed by atoms with Crippen LogP contribution in [0.4, 0.5) is 4.39 Å². The second-order valence-electron chi connectivity index (χ2n) is 6.07. The van der Waals surface area contributed by atoms with Gasteiger partial charge in [-0.05, 0) is 43.3 Å². The van der Waals surface area contributed by atoms with E-state index in [1.165, 1.54) is 31.2 Å². The number of aromatic nitrogens is 1. The molecule has 28 heavy (non-hydrogen) atoms. The maximum Gasteiger partial charge on any atom is 0.339 e. The van der Waals surface area contributed by atoms with Gasteiger partial charge in [0.1, 0.15) is 18.1 Å². The van der Waals surface area contributed by atoms with E-state index in [0.717, 1.165) is 0 Å². The Morgan fingerprint density at radius 3 is 2.50 bits per heavy atom. The smallest absolute Gasteiger partial charge is 0.339 e. The van der Waals surface area contributed by atoms with Gasteiger partial charge in [-0.25, -0.2) is 17.6 Å². The van der Waals surface area contributed by atoms with Crippen LogP contribution in [0.2, 0.25) is 0 Å². The first-order valence-electron chi connectivity index (χ1n) is 8.53. The molecule has 146 valence electrons. The van der Waals surface area contributed by atoms with Crippen LogP contribution in [0.3, 0.4) is 0 Å². The van der Waals surface area contributed by atoms with Gasteiger partial charge in [0.15, 0.2) is 15.6 Å². The summed E-state index contributed by atoms with van der Waals surface area (Å²) < 4.78 is 48.0. The third-order valence-electron chi connectivity index (χ3n) is 4.29. The molecule has 0 radical (unpaired) electrons. The normalized spacial score (nSPS) is 11.4. The van der Waals surface area contributed by atoms with Gasteiger partial charge >= 0.3 is 5.97 Å². The van der Waals surface area contributed by atoms with Crippen molar-refractivity contribution in [2.75, 3.05) is 5.75 Å². The van der Waals surface area contributed by atoms with Crippen LogP contribution in [0.1, 0.15) is 28.5 Å². The molecule has 0 aliphatic heterocycles. The number of rotatable bonds is 6. The number of nitrogens with zero attached hydrogens (tertiary/aromatic N) is 1. The highest BCUT2D eigenvalue weighted by atomic mass is 32.2. The molecular formula is C20H18FNO5S. The number of esters is 1. The van der Waals surface area contributed by atoms with E-state index in [4.69, 9.17) is 9.26 Å². The molecule has 1 heterocycles. The molecule has 0 aliphatic rings. The van der Waals surface area contributed by atoms with Gasteiger partial charge in [-0.3, -0.25) is 0 Å². The highest BCUT2D eigenvalue weighted by Crippen LogP contribution is 2.26. The van der Waals surface area contributed by atoms with Crippen LogP contribution in [-0.2, 0) is 21.2 Å². The van der Waals surface area contributed by atoms with Gasteiger partial charge in [-0.15, -0.1) is 0 Å². The minimum Gasteiger partial charge on any atom is -0.455 e. The molecule has 1 aromatic heterocycles. The van der Waals surface area contributed by atoms with Crippen LogP contribution in [-0.4, -0.2) is 25.3 Å². The first-order chi connectivity index (χ1) is 13.3. The van der Waals surface area contributed by atoms with Gasteiger partial charge < -0.3 is 9.26 Å². The Labute approximate surface area is 161 Å². The van der Waals surface area contributed by atoms with E-state index >= 15 is 0 Å². The Morgan fingerprint density at radius 2 is 1.82 bits per heavy atom. The average molecular weight is 403 g/mol. The summed E-state index contributed by atoms with van der Waals surface area (Å²) in [6.07, 6.45) is 0. The molecule has 2 aromatic carbocycles. The van der Waals surface area contributed by atoms with E-state index in [0.29, 0.717) is 22.6 Å². The van der Waals surface area contributed by atoms with Crippen molar-refractivity contribution in [2.45, 2.75) is 25.3 Å². The maximum absolute atomic E-state index is 13.1. The van der Waals surface area contributed by atoms with Gasteiger partial charge in [0, 0.05) is 11.1 Å². The molecule has 0 amide bonds. The predicted molar refractivity (Wildman–Crippen MR) is 99.9 cm³/mol. The molecule has 0 spiro atoms. The Kier molecular flexibility index (Phi) is 5.60. The number of hydrogen-bond acceptors (Lipinski definition) is 6. The van der Waals surface area contributed by atoms with Crippen molar-refractivity contribution in [1.82, 2.24) is 5.16 Å². The molecular weight excluding hydrogens is 385 g/mol. The number of halogens is 1. The third kappa shape index (κ3) is 3.96. The number of benzene rings is 2. The fourth-order valence-electron chi connectivity index (χ4n) is 2.65. The molecule has 0 unspecified atom stereocenters. The minimum atomic E-state index is -3.57. The Morgan fingerprint density at radius 1 is 1.14 bits per heavy atom. The second kappa shape index (κ2) is 7.93. The standard InChI is InChI=1S/C20H18FNO5S/c1-3-28(24,25)18-7-5-4-6-16(18)20(23)26-12-17-13(2)19(27-22-17)14-8-10-15(21)11-9-14/h4-11H,3,12H2,1-2H3. The van der Waals surface area contributed by atoms with Crippen LogP contribution in [0, 0.1) is 12.7 Å². The number of hydrogen-bond donors (Lipinski definition) is 0. The lowest BCUT2D eigenvalue weighted by Crippen LogP contribution is -2.13. The highest BCUT2D eigenvalue weighted by molar-refractivity contribution is 7.91. The van der Waals surface area contributed by atoms with Crippen LogP contribution in [0.15, 0.2) is 57.9 Å². The van der Waals surface area contributed by atoms with Gasteiger partial charge in [-0.1, -0.05) is 24.2 Å². The van der Waals surface area contributed by atoms with E-state index in [9.17, 15) is 17.6 Å². The van der Waals surface area contributed by atoms with Gasteiger partial charge in [0.05, 0.1) is 16.2 Å². The lowest BCUT2D eigenvalue weighted by atomic mass is 10.1. The summed E-state index contributed by atoms with van der Waals surface area (Å²) in [5, 5.41) is 3.90. The van der Waals surface area contributed by atoms with E-state index in [1.54, 1.807) is 31.2 Å². The SMILES string of the molecule is CCS(=O)(=O)c1ccccc1C(=O)OCc1noc(-c2ccc(F)cc2)c1C. The predicted octanol–water partition coefficient (Wildman–Crippen LogP) is 3.94. The highest BCUT2D eigenvalue weighted by Gasteiger charge is 2.22. The van der Waals surface area contributed by atoms with Gasteiger partial charge in [-0.2, -0.15) is 0 Å². The molecule has 3 aromatic rings. The molecule has 0 aliphatic carbocycles. The number of sulfone groups is 1. The first kappa shape index (κ1) is 19.8. The van der Waals surface area contributed by atoms with E-state index < -0.39 is 15.8 Å². The second-order valence-corrected chi connectivity index (χ2v) is 8.31. The van der Waals surface area contributed by atoms with E-state index in [2.05, 4.69) is 5.16 Å². The molecule has 8 heteroatoms. The number of carbonyl (C=O) groups excluding carboxylic acids is 1. The monoisotopic (exact) mass is 403 g/mol. The van der Waals surface area contributed by atoms with Gasteiger partial charge in [0.2, 0.25) is 0 Å². The number of carbonyl (C=O) groups is 1. The summed E-state index contributed by atoms with van der Waals surface area (Å²) in [5.41, 5.74) is 1.66. The van der Waals surface area contributed by atoms with Crippen molar-refractivity contribution in [3.63, 3.8) is 0 Å². The molecule has 0 saturated carbocycles. The summed E-state index contributed by atoms with van der Waals surface area (Å²) >= 11 is 0. The zero-order valence-corrected chi connectivity index (χ0v) is 16.1. The lowest BCUT2D eigenvalue weighted by molar-refractivity contribution is 0.0459. The average Bonchev–Trinajstić information content (AvgIpc) is 3.07. The summed E-state index contributed by atoms with van der Waals surface area (Å²) in [4.78, 5) is 12.4. The van der Waals surface area contributed by atoms with Crippen LogP contribution < -0.4 is 0 Å². The quantitative estimate of drug-likeness (QED) is 0.580. The van der Waals surface area contributed by atoms with Crippen molar-refractivity contribution < 1.29 is 26.9 Å². The summed E-state index contributed by atoms with van der Waals surface area (Å²) in [6.45, 7) is 3.07. The van der Waals surface area contributed by atoms with E-state index in [-0.39, 0.29) is 28.6 Å². The summed E-state index contributed by atoms with van der Waals surface area (Å²) in [7, 11) is -3.57. The molecule has 0 N–H and O–H groups in total. The molecule has 3 rings (SSSR count). The molecule has 0 saturated heterocycles. The largest absolute Gasteiger partial charge is 0.455 e. The minimum absolute atomic E-state index is 0.0238. The van der Waals surface area contributed by atoms with Crippen LogP contribution in [0.25, 0.3) is 11.3 Å². The Bertz CT molecular complexity index is 1100. The molecule has 6 nitrogen and oxygen atoms in total. The van der Waals surface area contributed by atoms with Crippen molar-refractivity contribution in [3.05, 3.63) is 71.2 Å². The maximum atomic E-state index is 13.1. The lowest BCUT2D eigenvalue weighted by Gasteiger charge is -2.09. The van der Waals surface area contributed by atoms with Crippen molar-refractivity contribution in [1.29, 1.82) is 0 Å². The van der Waals surface area contributed by atoms with Gasteiger partial charge in [0.25, 0.3) is 0 Å². The number of ether oxygens (including phenoxy) is 1. The van der Waals surface area contributed by atoms with Crippen molar-refractivity contribution in [2.24, 2.45) is 0 Å². The Hall–Kier alpha value is -3.00. The zero-order chi connectivity index (χ0) is 20.3. The Balaban J connectivity index is 1.79. The molecule has 0 atom stereocenters. The van der Waals surface area contributed by atoms with Crippen LogP contribution >= 0.6 is 0 Å². The van der Waals surface area contributed by atoms with Crippen molar-refractivity contribution >= 4 is 15.8 Å². The fraction of sp³-hybridized carbons (Fsp3) is 0.200. The van der Waals surface area contributed by atoms with E-state index in [1.807, 2.05) is 0 Å².